The highest BCUT2D eigenvalue weighted by Crippen LogP contribution is 2.24. The van der Waals surface area contributed by atoms with Crippen LogP contribution >= 0.6 is 23.2 Å². The average molecular weight is 485 g/mol. The molecule has 1 unspecified atom stereocenters. The van der Waals surface area contributed by atoms with Gasteiger partial charge in [0.05, 0.1) is 27.7 Å². The fourth-order valence-electron chi connectivity index (χ4n) is 3.48. The Morgan fingerprint density at radius 3 is 2.52 bits per heavy atom. The van der Waals surface area contributed by atoms with Crippen LogP contribution in [-0.4, -0.2) is 21.4 Å². The number of hydrogen-bond acceptors (Lipinski definition) is 3. The number of fused-ring (bicyclic) bond motifs is 1. The minimum atomic E-state index is -0.532. The quantitative estimate of drug-likeness (QED) is 0.373. The van der Waals surface area contributed by atoms with Crippen LogP contribution in [0.15, 0.2) is 66.7 Å². The van der Waals surface area contributed by atoms with Gasteiger partial charge >= 0.3 is 0 Å². The SMILES string of the molecule is CC(NC(=O)c1ccc(Cl)cc1Cl)c1nc2ccccc2n1CC(=O)Nc1ccc(F)cc1. The Kier molecular flexibility index (Phi) is 6.62. The molecule has 0 bridgehead atoms. The van der Waals surface area contributed by atoms with Gasteiger partial charge in [0.1, 0.15) is 18.2 Å². The maximum absolute atomic E-state index is 13.1. The number of para-hydroxylation sites is 2. The van der Waals surface area contributed by atoms with Crippen LogP contribution in [0.3, 0.4) is 0 Å². The van der Waals surface area contributed by atoms with Gasteiger partial charge in [-0.15, -0.1) is 0 Å². The second-order valence-electron chi connectivity index (χ2n) is 7.42. The lowest BCUT2D eigenvalue weighted by atomic mass is 10.2. The molecule has 9 heteroatoms. The molecular weight excluding hydrogens is 466 g/mol. The number of anilines is 1. The van der Waals surface area contributed by atoms with Crippen LogP contribution in [0.5, 0.6) is 0 Å². The van der Waals surface area contributed by atoms with Gasteiger partial charge in [0, 0.05) is 10.7 Å². The number of aromatic nitrogens is 2. The van der Waals surface area contributed by atoms with Crippen molar-refractivity contribution < 1.29 is 14.0 Å². The first-order valence-corrected chi connectivity index (χ1v) is 10.8. The molecule has 3 aromatic carbocycles. The first-order chi connectivity index (χ1) is 15.8. The number of hydrogen-bond donors (Lipinski definition) is 2. The van der Waals surface area contributed by atoms with Crippen molar-refractivity contribution in [1.82, 2.24) is 14.9 Å². The molecule has 33 heavy (non-hydrogen) atoms. The summed E-state index contributed by atoms with van der Waals surface area (Å²) in [6, 6.07) is 17.0. The van der Waals surface area contributed by atoms with Crippen LogP contribution in [0.1, 0.15) is 29.1 Å². The lowest BCUT2D eigenvalue weighted by Crippen LogP contribution is -2.30. The Morgan fingerprint density at radius 2 is 1.79 bits per heavy atom. The van der Waals surface area contributed by atoms with E-state index in [0.29, 0.717) is 22.1 Å². The van der Waals surface area contributed by atoms with E-state index in [2.05, 4.69) is 15.6 Å². The molecule has 168 valence electrons. The van der Waals surface area contributed by atoms with Crippen LogP contribution < -0.4 is 10.6 Å². The Labute approximate surface area is 199 Å². The second-order valence-corrected chi connectivity index (χ2v) is 8.26. The molecule has 4 rings (SSSR count). The predicted octanol–water partition coefficient (Wildman–Crippen LogP) is 5.61. The highest BCUT2D eigenvalue weighted by Gasteiger charge is 2.21. The molecule has 0 radical (unpaired) electrons. The average Bonchev–Trinajstić information content (AvgIpc) is 3.13. The summed E-state index contributed by atoms with van der Waals surface area (Å²) in [5.41, 5.74) is 2.19. The normalized spacial score (nSPS) is 11.9. The molecule has 4 aromatic rings. The summed E-state index contributed by atoms with van der Waals surface area (Å²) in [7, 11) is 0. The van der Waals surface area contributed by atoms with Gasteiger partial charge in [-0.25, -0.2) is 9.37 Å². The molecule has 6 nitrogen and oxygen atoms in total. The van der Waals surface area contributed by atoms with Gasteiger partial charge in [0.25, 0.3) is 5.91 Å². The summed E-state index contributed by atoms with van der Waals surface area (Å²) in [6.45, 7) is 1.73. The van der Waals surface area contributed by atoms with E-state index in [9.17, 15) is 14.0 Å². The molecule has 0 aliphatic heterocycles. The molecule has 2 N–H and O–H groups in total. The first-order valence-electron chi connectivity index (χ1n) is 10.1. The number of carbonyl (C=O) groups is 2. The molecule has 1 aromatic heterocycles. The third-order valence-corrected chi connectivity index (χ3v) is 5.57. The minimum Gasteiger partial charge on any atom is -0.342 e. The molecule has 0 saturated carbocycles. The predicted molar refractivity (Wildman–Crippen MR) is 127 cm³/mol. The fraction of sp³-hybridized carbons (Fsp3) is 0.125. The molecule has 1 atom stereocenters. The Hall–Kier alpha value is -3.42. The zero-order valence-electron chi connectivity index (χ0n) is 17.5. The molecular formula is C24H19Cl2FN4O2. The number of halogens is 3. The van der Waals surface area contributed by atoms with Crippen molar-refractivity contribution in [3.8, 4) is 0 Å². The number of nitrogens with zero attached hydrogens (tertiary/aromatic N) is 2. The largest absolute Gasteiger partial charge is 0.342 e. The van der Waals surface area contributed by atoms with E-state index in [4.69, 9.17) is 23.2 Å². The highest BCUT2D eigenvalue weighted by molar-refractivity contribution is 6.36. The highest BCUT2D eigenvalue weighted by atomic mass is 35.5. The van der Waals surface area contributed by atoms with Crippen molar-refractivity contribution in [3.63, 3.8) is 0 Å². The van der Waals surface area contributed by atoms with Crippen molar-refractivity contribution in [2.24, 2.45) is 0 Å². The lowest BCUT2D eigenvalue weighted by Gasteiger charge is -2.17. The van der Waals surface area contributed by atoms with E-state index in [1.165, 1.54) is 30.3 Å². The lowest BCUT2D eigenvalue weighted by molar-refractivity contribution is -0.116. The van der Waals surface area contributed by atoms with Gasteiger partial charge in [-0.05, 0) is 61.5 Å². The number of benzene rings is 3. The zero-order valence-corrected chi connectivity index (χ0v) is 19.0. The topological polar surface area (TPSA) is 76.0 Å². The maximum atomic E-state index is 13.1. The van der Waals surface area contributed by atoms with Gasteiger partial charge in [-0.1, -0.05) is 35.3 Å². The number of rotatable bonds is 6. The van der Waals surface area contributed by atoms with E-state index < -0.39 is 11.9 Å². The van der Waals surface area contributed by atoms with E-state index in [0.717, 1.165) is 5.52 Å². The van der Waals surface area contributed by atoms with E-state index >= 15 is 0 Å². The Morgan fingerprint density at radius 1 is 1.06 bits per heavy atom. The number of nitrogens with one attached hydrogen (secondary N) is 2. The summed E-state index contributed by atoms with van der Waals surface area (Å²) >= 11 is 12.1. The smallest absolute Gasteiger partial charge is 0.253 e. The summed E-state index contributed by atoms with van der Waals surface area (Å²) in [5.74, 6) is -0.589. The fourth-order valence-corrected chi connectivity index (χ4v) is 3.98. The molecule has 0 saturated heterocycles. The third kappa shape index (κ3) is 5.16. The van der Waals surface area contributed by atoms with E-state index in [-0.39, 0.29) is 28.9 Å². The van der Waals surface area contributed by atoms with E-state index in [1.54, 1.807) is 23.6 Å². The van der Waals surface area contributed by atoms with Crippen molar-refractivity contribution >= 4 is 51.7 Å². The van der Waals surface area contributed by atoms with Crippen molar-refractivity contribution in [1.29, 1.82) is 0 Å². The summed E-state index contributed by atoms with van der Waals surface area (Å²) in [5, 5.41) is 6.29. The van der Waals surface area contributed by atoms with E-state index in [1.807, 2.05) is 24.3 Å². The van der Waals surface area contributed by atoms with Crippen LogP contribution in [0, 0.1) is 5.82 Å². The Bertz CT molecular complexity index is 1340. The van der Waals surface area contributed by atoms with Gasteiger partial charge in [0.15, 0.2) is 0 Å². The number of imidazole rings is 1. The first kappa shape index (κ1) is 22.8. The number of amides is 2. The minimum absolute atomic E-state index is 0.0465. The summed E-state index contributed by atoms with van der Waals surface area (Å²) in [6.07, 6.45) is 0. The zero-order chi connectivity index (χ0) is 23.5. The number of carbonyl (C=O) groups excluding carboxylic acids is 2. The molecule has 0 aliphatic rings. The van der Waals surface area contributed by atoms with Crippen LogP contribution in [-0.2, 0) is 11.3 Å². The monoisotopic (exact) mass is 484 g/mol. The van der Waals surface area contributed by atoms with Gasteiger partial charge in [-0.2, -0.15) is 0 Å². The maximum Gasteiger partial charge on any atom is 0.253 e. The van der Waals surface area contributed by atoms with Gasteiger partial charge < -0.3 is 15.2 Å². The van der Waals surface area contributed by atoms with Crippen LogP contribution in [0.25, 0.3) is 11.0 Å². The van der Waals surface area contributed by atoms with Crippen molar-refractivity contribution in [2.45, 2.75) is 19.5 Å². The Balaban J connectivity index is 1.59. The van der Waals surface area contributed by atoms with Gasteiger partial charge in [-0.3, -0.25) is 9.59 Å². The van der Waals surface area contributed by atoms with Crippen molar-refractivity contribution in [2.75, 3.05) is 5.32 Å². The molecule has 0 spiro atoms. The van der Waals surface area contributed by atoms with Crippen molar-refractivity contribution in [3.05, 3.63) is 94.0 Å². The van der Waals surface area contributed by atoms with Crippen LogP contribution in [0.4, 0.5) is 10.1 Å². The molecule has 1 heterocycles. The summed E-state index contributed by atoms with van der Waals surface area (Å²) < 4.78 is 14.9. The molecule has 0 fully saturated rings. The van der Waals surface area contributed by atoms with Gasteiger partial charge in [0.2, 0.25) is 5.91 Å². The molecule has 2 amide bonds. The standard InChI is InChI=1S/C24H19Cl2FN4O2/c1-14(28-24(33)18-11-6-15(25)12-19(18)26)23-30-20-4-2-3-5-21(20)31(23)13-22(32)29-17-9-7-16(27)8-10-17/h2-12,14H,13H2,1H3,(H,28,33)(H,29,32). The molecule has 0 aliphatic carbocycles. The summed E-state index contributed by atoms with van der Waals surface area (Å²) in [4.78, 5) is 30.2. The third-order valence-electron chi connectivity index (χ3n) is 5.02. The van der Waals surface area contributed by atoms with Crippen LogP contribution in [0.2, 0.25) is 10.0 Å². The second kappa shape index (κ2) is 9.60.